The Bertz CT molecular complexity index is 673. The van der Waals surface area contributed by atoms with Crippen LogP contribution in [0.4, 0.5) is 5.69 Å². The lowest BCUT2D eigenvalue weighted by Gasteiger charge is -2.35. The van der Waals surface area contributed by atoms with Crippen LogP contribution in [-0.2, 0) is 4.79 Å². The van der Waals surface area contributed by atoms with Gasteiger partial charge in [0.25, 0.3) is 0 Å². The number of unbranched alkanes of at least 4 members (excludes halogenated alkanes) is 6. The molecule has 0 radical (unpaired) electrons. The molecule has 0 saturated carbocycles. The number of amides is 1. The van der Waals surface area contributed by atoms with Gasteiger partial charge < -0.3 is 5.32 Å². The number of nitrogens with one attached hydrogen (secondary N) is 1. The molecule has 1 aliphatic heterocycles. The molecule has 0 aromatic carbocycles. The fourth-order valence-electron chi connectivity index (χ4n) is 4.59. The number of aromatic nitrogens is 1. The van der Waals surface area contributed by atoms with Gasteiger partial charge in [-0.05, 0) is 57.1 Å². The third-order valence-electron chi connectivity index (χ3n) is 6.43. The minimum atomic E-state index is 0.0623. The van der Waals surface area contributed by atoms with Crippen LogP contribution in [0.25, 0.3) is 0 Å². The first-order valence-corrected chi connectivity index (χ1v) is 16.0. The smallest absolute Gasteiger partial charge is 0.237 e. The molecule has 2 rings (SSSR count). The summed E-state index contributed by atoms with van der Waals surface area (Å²) in [5, 5.41) is 4.96. The molecule has 0 aliphatic carbocycles. The zero-order valence-electron chi connectivity index (χ0n) is 20.9. The van der Waals surface area contributed by atoms with E-state index in [1.54, 1.807) is 23.5 Å². The van der Waals surface area contributed by atoms with Crippen molar-refractivity contribution < 1.29 is 4.79 Å². The van der Waals surface area contributed by atoms with E-state index in [1.807, 2.05) is 24.9 Å². The number of carbonyl (C=O) groups is 1. The van der Waals surface area contributed by atoms with Crippen LogP contribution in [0.3, 0.4) is 0 Å². The Morgan fingerprint density at radius 2 is 1.72 bits per heavy atom. The first-order chi connectivity index (χ1) is 15.5. The van der Waals surface area contributed by atoms with E-state index in [4.69, 9.17) is 0 Å². The summed E-state index contributed by atoms with van der Waals surface area (Å²) in [6.07, 6.45) is 19.4. The summed E-state index contributed by atoms with van der Waals surface area (Å²) in [6, 6.07) is 2.09. The van der Waals surface area contributed by atoms with Crippen LogP contribution in [0.2, 0.25) is 0 Å². The molecule has 182 valence electrons. The van der Waals surface area contributed by atoms with E-state index in [1.165, 1.54) is 77.0 Å². The molecule has 2 heterocycles. The maximum Gasteiger partial charge on any atom is 0.237 e. The number of anilines is 1. The van der Waals surface area contributed by atoms with Gasteiger partial charge in [0.15, 0.2) is 0 Å². The van der Waals surface area contributed by atoms with E-state index >= 15 is 0 Å². The lowest BCUT2D eigenvalue weighted by molar-refractivity contribution is -0.116. The van der Waals surface area contributed by atoms with Crippen LogP contribution >= 0.6 is 35.3 Å². The van der Waals surface area contributed by atoms with Gasteiger partial charge in [0, 0.05) is 15.8 Å². The fraction of sp³-hybridized carbons (Fsp3) is 0.769. The first kappa shape index (κ1) is 27.9. The van der Waals surface area contributed by atoms with Crippen molar-refractivity contribution in [2.24, 2.45) is 5.92 Å². The van der Waals surface area contributed by atoms with Crippen LogP contribution in [0, 0.1) is 12.8 Å². The van der Waals surface area contributed by atoms with Crippen LogP contribution in [0.1, 0.15) is 96.6 Å². The molecule has 1 aromatic rings. The maximum absolute atomic E-state index is 13.6. The summed E-state index contributed by atoms with van der Waals surface area (Å²) in [5.41, 5.74) is 1.92. The van der Waals surface area contributed by atoms with Gasteiger partial charge in [-0.3, -0.25) is 4.79 Å². The number of thioether (sulfide) groups is 3. The maximum atomic E-state index is 13.6. The van der Waals surface area contributed by atoms with Gasteiger partial charge in [0.05, 0.1) is 10.9 Å². The molecule has 1 fully saturated rings. The van der Waals surface area contributed by atoms with Gasteiger partial charge >= 0.3 is 0 Å². The fourth-order valence-corrected chi connectivity index (χ4v) is 7.56. The summed E-state index contributed by atoms with van der Waals surface area (Å²) in [6.45, 7) is 6.56. The molecule has 0 bridgehead atoms. The highest BCUT2D eigenvalue weighted by molar-refractivity contribution is 8.01. The number of carbonyl (C=O) groups excluding carboxylic acids is 1. The Balaban J connectivity index is 2.12. The van der Waals surface area contributed by atoms with E-state index in [9.17, 15) is 4.79 Å². The quantitative estimate of drug-likeness (QED) is 0.206. The minimum Gasteiger partial charge on any atom is -0.322 e. The van der Waals surface area contributed by atoms with Crippen molar-refractivity contribution in [1.82, 2.24) is 4.98 Å². The van der Waals surface area contributed by atoms with Crippen molar-refractivity contribution >= 4 is 46.9 Å². The highest BCUT2D eigenvalue weighted by Gasteiger charge is 2.36. The zero-order valence-corrected chi connectivity index (χ0v) is 23.3. The number of aryl methyl sites for hydroxylation is 1. The van der Waals surface area contributed by atoms with Crippen molar-refractivity contribution in [1.29, 1.82) is 0 Å². The molecule has 32 heavy (non-hydrogen) atoms. The van der Waals surface area contributed by atoms with Crippen molar-refractivity contribution in [2.45, 2.75) is 118 Å². The van der Waals surface area contributed by atoms with Gasteiger partial charge in [0.2, 0.25) is 5.91 Å². The normalized spacial score (nSPS) is 21.0. The molecule has 1 N–H and O–H groups in total. The van der Waals surface area contributed by atoms with Crippen LogP contribution < -0.4 is 5.32 Å². The second-order valence-corrected chi connectivity index (χ2v) is 12.1. The molecule has 3 nitrogen and oxygen atoms in total. The molecular weight excluding hydrogens is 453 g/mol. The van der Waals surface area contributed by atoms with Gasteiger partial charge in [-0.25, -0.2) is 4.98 Å². The summed E-state index contributed by atoms with van der Waals surface area (Å²) in [4.78, 5) is 19.4. The summed E-state index contributed by atoms with van der Waals surface area (Å²) in [5.74, 6) is 0.697. The van der Waals surface area contributed by atoms with Crippen molar-refractivity contribution in [3.8, 4) is 0 Å². The lowest BCUT2D eigenvalue weighted by atomic mass is 9.90. The van der Waals surface area contributed by atoms with Crippen LogP contribution in [0.15, 0.2) is 16.0 Å². The number of nitrogens with zero attached hydrogens (tertiary/aromatic N) is 1. The number of pyridine rings is 1. The van der Waals surface area contributed by atoms with Crippen LogP contribution in [-0.4, -0.2) is 33.9 Å². The molecule has 3 unspecified atom stereocenters. The largest absolute Gasteiger partial charge is 0.322 e. The molecule has 0 spiro atoms. The standard InChI is InChI=1S/C26H44N2OS3/c1-6-8-10-12-14-20-16-17-21(15-13-11-9-7-2)32-24(20)25(29)28-23-22(30-4)18-19(3)27-26(23)31-5/h18,20-21,24H,6-17H2,1-5H3,(H,28,29). The highest BCUT2D eigenvalue weighted by Crippen LogP contribution is 2.42. The predicted octanol–water partition coefficient (Wildman–Crippen LogP) is 8.59. The SMILES string of the molecule is CCCCCCC1CCC(CCCCCC)C(C(=O)Nc2c(SC)cc(C)nc2SC)S1. The second kappa shape index (κ2) is 15.5. The number of rotatable bonds is 14. The van der Waals surface area contributed by atoms with E-state index in [-0.39, 0.29) is 11.2 Å². The highest BCUT2D eigenvalue weighted by atomic mass is 32.2. The topological polar surface area (TPSA) is 42.0 Å². The van der Waals surface area contributed by atoms with Gasteiger partial charge in [-0.15, -0.1) is 35.3 Å². The molecule has 1 aliphatic rings. The average molecular weight is 497 g/mol. The predicted molar refractivity (Wildman–Crippen MR) is 147 cm³/mol. The van der Waals surface area contributed by atoms with Gasteiger partial charge in [0.1, 0.15) is 5.03 Å². The molecule has 6 heteroatoms. The Morgan fingerprint density at radius 3 is 2.34 bits per heavy atom. The molecule has 1 saturated heterocycles. The van der Waals surface area contributed by atoms with Crippen molar-refractivity contribution in [3.63, 3.8) is 0 Å². The molecule has 1 aromatic heterocycles. The Labute approximate surface area is 209 Å². The Kier molecular flexibility index (Phi) is 13.6. The molecule has 1 amide bonds. The average Bonchev–Trinajstić information content (AvgIpc) is 2.80. The third-order valence-corrected chi connectivity index (χ3v) is 9.63. The molecule has 3 atom stereocenters. The van der Waals surface area contributed by atoms with Crippen LogP contribution in [0.5, 0.6) is 0 Å². The number of hydrogen-bond acceptors (Lipinski definition) is 5. The monoisotopic (exact) mass is 496 g/mol. The first-order valence-electron chi connectivity index (χ1n) is 12.6. The lowest BCUT2D eigenvalue weighted by Crippen LogP contribution is -2.37. The van der Waals surface area contributed by atoms with E-state index < -0.39 is 0 Å². The van der Waals surface area contributed by atoms with Gasteiger partial charge in [-0.2, -0.15) is 0 Å². The van der Waals surface area contributed by atoms with E-state index in [0.717, 1.165) is 21.3 Å². The van der Waals surface area contributed by atoms with Crippen molar-refractivity contribution in [2.75, 3.05) is 17.8 Å². The summed E-state index contributed by atoms with van der Waals surface area (Å²) >= 11 is 5.28. The van der Waals surface area contributed by atoms with Gasteiger partial charge in [-0.1, -0.05) is 65.2 Å². The Morgan fingerprint density at radius 1 is 1.03 bits per heavy atom. The number of hydrogen-bond donors (Lipinski definition) is 1. The second-order valence-electron chi connectivity index (χ2n) is 9.05. The summed E-state index contributed by atoms with van der Waals surface area (Å²) in [7, 11) is 0. The minimum absolute atomic E-state index is 0.0623. The summed E-state index contributed by atoms with van der Waals surface area (Å²) < 4.78 is 0. The van der Waals surface area contributed by atoms with E-state index in [2.05, 4.69) is 36.5 Å². The van der Waals surface area contributed by atoms with E-state index in [0.29, 0.717) is 11.2 Å². The molecular formula is C26H44N2OS3. The zero-order chi connectivity index (χ0) is 23.3. The Hall–Kier alpha value is -0.330. The van der Waals surface area contributed by atoms with Crippen molar-refractivity contribution in [3.05, 3.63) is 11.8 Å². The third kappa shape index (κ3) is 8.79.